The average molecular weight is 435 g/mol. The van der Waals surface area contributed by atoms with Crippen LogP contribution >= 0.6 is 12.4 Å². The van der Waals surface area contributed by atoms with Gasteiger partial charge in [0.2, 0.25) is 0 Å². The second-order valence-electron chi connectivity index (χ2n) is 8.13. The first-order valence-corrected chi connectivity index (χ1v) is 10.6. The first kappa shape index (κ1) is 24.4. The summed E-state index contributed by atoms with van der Waals surface area (Å²) in [5.41, 5.74) is 5.95. The van der Waals surface area contributed by atoms with Gasteiger partial charge < -0.3 is 10.1 Å². The third kappa shape index (κ3) is 5.84. The average Bonchev–Trinajstić information content (AvgIpc) is 2.95. The lowest BCUT2D eigenvalue weighted by molar-refractivity contribution is -0.148. The number of aromatic nitrogens is 2. The van der Waals surface area contributed by atoms with Gasteiger partial charge in [-0.25, -0.2) is 0 Å². The molecular weight excluding hydrogens is 400 g/mol. The molecule has 30 heavy (non-hydrogen) atoms. The van der Waals surface area contributed by atoms with Crippen molar-refractivity contribution < 1.29 is 9.53 Å². The maximum Gasteiger partial charge on any atom is 0.328 e. The highest BCUT2D eigenvalue weighted by Gasteiger charge is 2.26. The van der Waals surface area contributed by atoms with E-state index in [-0.39, 0.29) is 31.0 Å². The monoisotopic (exact) mass is 434 g/mol. The zero-order chi connectivity index (χ0) is 21.0. The van der Waals surface area contributed by atoms with Crippen LogP contribution in [0.2, 0.25) is 0 Å². The number of nitrogens with zero attached hydrogens (tertiary/aromatic N) is 3. The third-order valence-electron chi connectivity index (χ3n) is 5.67. The van der Waals surface area contributed by atoms with Crippen molar-refractivity contribution in [3.05, 3.63) is 52.3 Å². The SMILES string of the molecule is CCc1ccc(C2CNCCN2Cc2c(C)nn(CC(=O)OC(C)C)c2C)cc1.Cl. The molecule has 1 fully saturated rings. The van der Waals surface area contributed by atoms with E-state index in [4.69, 9.17) is 4.74 Å². The zero-order valence-electron chi connectivity index (χ0n) is 18.8. The summed E-state index contributed by atoms with van der Waals surface area (Å²) in [6.45, 7) is 13.9. The second-order valence-corrected chi connectivity index (χ2v) is 8.13. The van der Waals surface area contributed by atoms with Crippen molar-refractivity contribution in [2.75, 3.05) is 19.6 Å². The fourth-order valence-corrected chi connectivity index (χ4v) is 3.98. The van der Waals surface area contributed by atoms with Gasteiger partial charge in [-0.15, -0.1) is 12.4 Å². The van der Waals surface area contributed by atoms with Crippen LogP contribution in [0, 0.1) is 13.8 Å². The number of piperazine rings is 1. The van der Waals surface area contributed by atoms with Crippen molar-refractivity contribution >= 4 is 18.4 Å². The molecule has 1 saturated heterocycles. The summed E-state index contributed by atoms with van der Waals surface area (Å²) in [6.07, 6.45) is 0.948. The van der Waals surface area contributed by atoms with Gasteiger partial charge in [-0.3, -0.25) is 14.4 Å². The van der Waals surface area contributed by atoms with Crippen molar-refractivity contribution in [3.63, 3.8) is 0 Å². The Kier molecular flexibility index (Phi) is 8.89. The maximum absolute atomic E-state index is 12.1. The molecule has 1 aliphatic heterocycles. The van der Waals surface area contributed by atoms with Crippen LogP contribution in [-0.2, 0) is 29.0 Å². The van der Waals surface area contributed by atoms with E-state index in [1.54, 1.807) is 4.68 Å². The van der Waals surface area contributed by atoms with E-state index in [9.17, 15) is 4.79 Å². The molecule has 1 aliphatic rings. The number of benzene rings is 1. The van der Waals surface area contributed by atoms with Crippen LogP contribution in [0.5, 0.6) is 0 Å². The molecule has 1 aromatic carbocycles. The Morgan fingerprint density at radius 2 is 1.97 bits per heavy atom. The summed E-state index contributed by atoms with van der Waals surface area (Å²) < 4.78 is 7.06. The molecule has 166 valence electrons. The Morgan fingerprint density at radius 3 is 2.60 bits per heavy atom. The molecule has 3 rings (SSSR count). The molecule has 0 bridgehead atoms. The number of esters is 1. The number of hydrogen-bond donors (Lipinski definition) is 1. The minimum atomic E-state index is -0.242. The van der Waals surface area contributed by atoms with Gasteiger partial charge in [-0.05, 0) is 45.2 Å². The first-order chi connectivity index (χ1) is 13.9. The standard InChI is InChI=1S/C23H34N4O2.ClH/c1-6-19-7-9-20(10-8-19)22-13-24-11-12-26(22)14-21-17(4)25-27(18(21)5)15-23(28)29-16(2)3;/h7-10,16,22,24H,6,11-15H2,1-5H3;1H. The lowest BCUT2D eigenvalue weighted by Crippen LogP contribution is -2.45. The predicted octanol–water partition coefficient (Wildman–Crippen LogP) is 3.58. The summed E-state index contributed by atoms with van der Waals surface area (Å²) in [5, 5.41) is 8.15. The van der Waals surface area contributed by atoms with Crippen molar-refractivity contribution in [1.82, 2.24) is 20.0 Å². The number of aryl methyl sites for hydroxylation is 2. The van der Waals surface area contributed by atoms with Gasteiger partial charge in [0.15, 0.2) is 0 Å². The molecule has 1 aromatic heterocycles. The number of halogens is 1. The van der Waals surface area contributed by atoms with Gasteiger partial charge >= 0.3 is 5.97 Å². The van der Waals surface area contributed by atoms with Crippen LogP contribution in [0.15, 0.2) is 24.3 Å². The highest BCUT2D eigenvalue weighted by atomic mass is 35.5. The Bertz CT molecular complexity index is 832. The Balaban J connectivity index is 0.00000320. The second kappa shape index (κ2) is 10.9. The van der Waals surface area contributed by atoms with Crippen LogP contribution < -0.4 is 5.32 Å². The molecule has 7 heteroatoms. The zero-order valence-corrected chi connectivity index (χ0v) is 19.6. The van der Waals surface area contributed by atoms with E-state index in [1.165, 1.54) is 16.7 Å². The van der Waals surface area contributed by atoms with Crippen LogP contribution in [0.25, 0.3) is 0 Å². The number of carbonyl (C=O) groups is 1. The van der Waals surface area contributed by atoms with E-state index in [0.717, 1.165) is 44.0 Å². The van der Waals surface area contributed by atoms with E-state index in [0.29, 0.717) is 6.04 Å². The van der Waals surface area contributed by atoms with Gasteiger partial charge in [0.05, 0.1) is 11.8 Å². The molecule has 2 aromatic rings. The molecule has 0 saturated carbocycles. The van der Waals surface area contributed by atoms with E-state index in [2.05, 4.69) is 46.5 Å². The summed E-state index contributed by atoms with van der Waals surface area (Å²) in [6, 6.07) is 9.32. The fraction of sp³-hybridized carbons (Fsp3) is 0.565. The molecule has 0 radical (unpaired) electrons. The predicted molar refractivity (Wildman–Crippen MR) is 122 cm³/mol. The van der Waals surface area contributed by atoms with E-state index in [1.807, 2.05) is 27.7 Å². The molecular formula is C23H35ClN4O2. The first-order valence-electron chi connectivity index (χ1n) is 10.6. The molecule has 1 atom stereocenters. The van der Waals surface area contributed by atoms with Crippen LogP contribution in [0.3, 0.4) is 0 Å². The normalized spacial score (nSPS) is 17.1. The third-order valence-corrected chi connectivity index (χ3v) is 5.67. The van der Waals surface area contributed by atoms with Gasteiger partial charge in [0.25, 0.3) is 0 Å². The number of nitrogens with one attached hydrogen (secondary N) is 1. The molecule has 2 heterocycles. The van der Waals surface area contributed by atoms with Crippen molar-refractivity contribution in [2.45, 2.75) is 66.3 Å². The smallest absolute Gasteiger partial charge is 0.328 e. The maximum atomic E-state index is 12.1. The summed E-state index contributed by atoms with van der Waals surface area (Å²) in [4.78, 5) is 14.6. The molecule has 0 spiro atoms. The molecule has 6 nitrogen and oxygen atoms in total. The topological polar surface area (TPSA) is 59.4 Å². The number of rotatable bonds is 7. The number of carbonyl (C=O) groups excluding carboxylic acids is 1. The lowest BCUT2D eigenvalue weighted by Gasteiger charge is -2.36. The van der Waals surface area contributed by atoms with Crippen LogP contribution in [0.1, 0.15) is 54.9 Å². The lowest BCUT2D eigenvalue weighted by atomic mass is 10.00. The molecule has 0 aliphatic carbocycles. The van der Waals surface area contributed by atoms with Gasteiger partial charge in [-0.2, -0.15) is 5.10 Å². The van der Waals surface area contributed by atoms with Crippen LogP contribution in [0.4, 0.5) is 0 Å². The minimum Gasteiger partial charge on any atom is -0.462 e. The van der Waals surface area contributed by atoms with Crippen molar-refractivity contribution in [2.24, 2.45) is 0 Å². The Morgan fingerprint density at radius 1 is 1.27 bits per heavy atom. The highest BCUT2D eigenvalue weighted by molar-refractivity contribution is 5.85. The van der Waals surface area contributed by atoms with Crippen LogP contribution in [-0.4, -0.2) is 46.4 Å². The van der Waals surface area contributed by atoms with Gasteiger partial charge in [0, 0.05) is 43.5 Å². The highest BCUT2D eigenvalue weighted by Crippen LogP contribution is 2.26. The largest absolute Gasteiger partial charge is 0.462 e. The Labute approximate surface area is 186 Å². The minimum absolute atomic E-state index is 0. The summed E-state index contributed by atoms with van der Waals surface area (Å²) in [5.74, 6) is -0.242. The molecule has 0 amide bonds. The van der Waals surface area contributed by atoms with Crippen molar-refractivity contribution in [1.29, 1.82) is 0 Å². The molecule has 1 N–H and O–H groups in total. The van der Waals surface area contributed by atoms with Gasteiger partial charge in [-0.1, -0.05) is 31.2 Å². The van der Waals surface area contributed by atoms with Gasteiger partial charge in [0.1, 0.15) is 6.54 Å². The molecule has 1 unspecified atom stereocenters. The van der Waals surface area contributed by atoms with E-state index < -0.39 is 0 Å². The Hall–Kier alpha value is -1.89. The fourth-order valence-electron chi connectivity index (χ4n) is 3.98. The van der Waals surface area contributed by atoms with E-state index >= 15 is 0 Å². The summed E-state index contributed by atoms with van der Waals surface area (Å²) >= 11 is 0. The van der Waals surface area contributed by atoms with Crippen molar-refractivity contribution in [3.8, 4) is 0 Å². The summed E-state index contributed by atoms with van der Waals surface area (Å²) in [7, 11) is 0. The quantitative estimate of drug-likeness (QED) is 0.675. The number of hydrogen-bond acceptors (Lipinski definition) is 5. The number of ether oxygens (including phenoxy) is 1.